The Morgan fingerprint density at radius 3 is 2.71 bits per heavy atom. The monoisotopic (exact) mass is 231 g/mol. The van der Waals surface area contributed by atoms with Gasteiger partial charge < -0.3 is 4.74 Å². The number of ether oxygens (including phenoxy) is 1. The van der Waals surface area contributed by atoms with Gasteiger partial charge in [0, 0.05) is 5.56 Å². The summed E-state index contributed by atoms with van der Waals surface area (Å²) >= 11 is 0. The number of nitrogens with zero attached hydrogens (tertiary/aromatic N) is 1. The van der Waals surface area contributed by atoms with Crippen LogP contribution in [0.1, 0.15) is 34.0 Å². The molecule has 0 aliphatic heterocycles. The van der Waals surface area contributed by atoms with E-state index in [0.717, 1.165) is 12.0 Å². The molecule has 0 spiro atoms. The smallest absolute Gasteiger partial charge is 0.310 e. The van der Waals surface area contributed by atoms with Crippen molar-refractivity contribution in [3.8, 4) is 6.07 Å². The lowest BCUT2D eigenvalue weighted by atomic mass is 9.96. The first-order chi connectivity index (χ1) is 8.15. The van der Waals surface area contributed by atoms with Crippen molar-refractivity contribution in [2.24, 2.45) is 0 Å². The zero-order valence-electron chi connectivity index (χ0n) is 9.82. The van der Waals surface area contributed by atoms with Gasteiger partial charge in [-0.2, -0.15) is 5.26 Å². The SMILES string of the molecule is CCc1cc(C=O)c(C#N)c(CC(=O)OC)c1. The lowest BCUT2D eigenvalue weighted by Gasteiger charge is -2.08. The summed E-state index contributed by atoms with van der Waals surface area (Å²) in [5.41, 5.74) is 2.04. The van der Waals surface area contributed by atoms with Gasteiger partial charge in [0.05, 0.1) is 19.1 Å². The Morgan fingerprint density at radius 1 is 1.53 bits per heavy atom. The largest absolute Gasteiger partial charge is 0.469 e. The van der Waals surface area contributed by atoms with Crippen LogP contribution in [0, 0.1) is 11.3 Å². The minimum Gasteiger partial charge on any atom is -0.469 e. The van der Waals surface area contributed by atoms with E-state index >= 15 is 0 Å². The molecule has 0 bridgehead atoms. The number of carbonyl (C=O) groups is 2. The van der Waals surface area contributed by atoms with Gasteiger partial charge in [-0.3, -0.25) is 9.59 Å². The molecule has 4 heteroatoms. The van der Waals surface area contributed by atoms with Gasteiger partial charge in [-0.15, -0.1) is 0 Å². The number of aldehydes is 1. The van der Waals surface area contributed by atoms with Crippen LogP contribution in [-0.4, -0.2) is 19.4 Å². The van der Waals surface area contributed by atoms with E-state index in [1.807, 2.05) is 13.0 Å². The average molecular weight is 231 g/mol. The number of esters is 1. The van der Waals surface area contributed by atoms with Gasteiger partial charge in [0.25, 0.3) is 0 Å². The molecule has 0 aromatic heterocycles. The number of hydrogen-bond donors (Lipinski definition) is 0. The van der Waals surface area contributed by atoms with E-state index in [-0.39, 0.29) is 12.0 Å². The molecule has 0 heterocycles. The van der Waals surface area contributed by atoms with Crippen LogP contribution in [0.5, 0.6) is 0 Å². The Kier molecular flexibility index (Phi) is 4.41. The van der Waals surface area contributed by atoms with E-state index in [1.165, 1.54) is 7.11 Å². The van der Waals surface area contributed by atoms with Crippen molar-refractivity contribution in [3.63, 3.8) is 0 Å². The molecule has 4 nitrogen and oxygen atoms in total. The number of hydrogen-bond acceptors (Lipinski definition) is 4. The number of rotatable bonds is 4. The number of methoxy groups -OCH3 is 1. The van der Waals surface area contributed by atoms with Crippen LogP contribution in [0.4, 0.5) is 0 Å². The maximum absolute atomic E-state index is 11.2. The Balaban J connectivity index is 3.30. The van der Waals surface area contributed by atoms with Crippen LogP contribution < -0.4 is 0 Å². The Labute approximate surface area is 99.8 Å². The highest BCUT2D eigenvalue weighted by atomic mass is 16.5. The van der Waals surface area contributed by atoms with Crippen LogP contribution in [-0.2, 0) is 22.4 Å². The fraction of sp³-hybridized carbons (Fsp3) is 0.308. The molecule has 1 aromatic carbocycles. The molecule has 0 aliphatic carbocycles. The van der Waals surface area contributed by atoms with Gasteiger partial charge in [0.1, 0.15) is 6.07 Å². The minimum absolute atomic E-state index is 0.00801. The van der Waals surface area contributed by atoms with Crippen molar-refractivity contribution < 1.29 is 14.3 Å². The van der Waals surface area contributed by atoms with Gasteiger partial charge in [-0.05, 0) is 23.6 Å². The lowest BCUT2D eigenvalue weighted by molar-refractivity contribution is -0.139. The van der Waals surface area contributed by atoms with Gasteiger partial charge >= 0.3 is 5.97 Å². The molecule has 88 valence electrons. The Bertz CT molecular complexity index is 486. The van der Waals surface area contributed by atoms with E-state index in [4.69, 9.17) is 5.26 Å². The molecule has 0 atom stereocenters. The third kappa shape index (κ3) is 2.91. The van der Waals surface area contributed by atoms with E-state index in [9.17, 15) is 9.59 Å². The predicted octanol–water partition coefficient (Wildman–Crippen LogP) is 1.65. The summed E-state index contributed by atoms with van der Waals surface area (Å²) in [6.45, 7) is 1.94. The maximum Gasteiger partial charge on any atom is 0.310 e. The molecule has 0 amide bonds. The topological polar surface area (TPSA) is 67.2 Å². The highest BCUT2D eigenvalue weighted by molar-refractivity contribution is 5.82. The van der Waals surface area contributed by atoms with Crippen LogP contribution >= 0.6 is 0 Å². The second-order valence-electron chi connectivity index (χ2n) is 3.56. The molecular formula is C13H13NO3. The summed E-state index contributed by atoms with van der Waals surface area (Å²) in [6.07, 6.45) is 1.38. The summed E-state index contributed by atoms with van der Waals surface area (Å²) in [7, 11) is 1.29. The van der Waals surface area contributed by atoms with Crippen molar-refractivity contribution in [2.45, 2.75) is 19.8 Å². The Hall–Kier alpha value is -2.15. The Morgan fingerprint density at radius 2 is 2.24 bits per heavy atom. The number of carbonyl (C=O) groups excluding carboxylic acids is 2. The standard InChI is InChI=1S/C13H13NO3/c1-3-9-4-10(6-13(16)17-2)12(7-14)11(5-9)8-15/h4-5,8H,3,6H2,1-2H3. The first kappa shape index (κ1) is 12.9. The lowest BCUT2D eigenvalue weighted by Crippen LogP contribution is -2.08. The quantitative estimate of drug-likeness (QED) is 0.583. The molecular weight excluding hydrogens is 218 g/mol. The summed E-state index contributed by atoms with van der Waals surface area (Å²) < 4.78 is 4.56. The molecule has 0 saturated heterocycles. The molecule has 1 rings (SSSR count). The highest BCUT2D eigenvalue weighted by Gasteiger charge is 2.13. The van der Waals surface area contributed by atoms with Gasteiger partial charge in [-0.1, -0.05) is 13.0 Å². The van der Waals surface area contributed by atoms with E-state index in [0.29, 0.717) is 17.4 Å². The summed E-state index contributed by atoms with van der Waals surface area (Å²) in [5, 5.41) is 9.02. The van der Waals surface area contributed by atoms with Crippen LogP contribution in [0.3, 0.4) is 0 Å². The second-order valence-corrected chi connectivity index (χ2v) is 3.56. The molecule has 0 radical (unpaired) electrons. The fourth-order valence-corrected chi connectivity index (χ4v) is 1.60. The highest BCUT2D eigenvalue weighted by Crippen LogP contribution is 2.17. The molecule has 0 fully saturated rings. The summed E-state index contributed by atoms with van der Waals surface area (Å²) in [6, 6.07) is 5.40. The van der Waals surface area contributed by atoms with Gasteiger partial charge in [-0.25, -0.2) is 0 Å². The van der Waals surface area contributed by atoms with Gasteiger partial charge in [0.15, 0.2) is 6.29 Å². The van der Waals surface area contributed by atoms with Crippen molar-refractivity contribution >= 4 is 12.3 Å². The first-order valence-corrected chi connectivity index (χ1v) is 5.24. The summed E-state index contributed by atoms with van der Waals surface area (Å²) in [4.78, 5) is 22.1. The van der Waals surface area contributed by atoms with Crippen molar-refractivity contribution in [2.75, 3.05) is 7.11 Å². The van der Waals surface area contributed by atoms with Crippen LogP contribution in [0.25, 0.3) is 0 Å². The van der Waals surface area contributed by atoms with Crippen LogP contribution in [0.2, 0.25) is 0 Å². The first-order valence-electron chi connectivity index (χ1n) is 5.24. The van der Waals surface area contributed by atoms with Crippen molar-refractivity contribution in [1.29, 1.82) is 5.26 Å². The van der Waals surface area contributed by atoms with Gasteiger partial charge in [0.2, 0.25) is 0 Å². The molecule has 0 aliphatic rings. The van der Waals surface area contributed by atoms with E-state index < -0.39 is 5.97 Å². The molecule has 0 saturated carbocycles. The third-order valence-electron chi connectivity index (χ3n) is 2.52. The molecule has 17 heavy (non-hydrogen) atoms. The fourth-order valence-electron chi connectivity index (χ4n) is 1.60. The third-order valence-corrected chi connectivity index (χ3v) is 2.52. The van der Waals surface area contributed by atoms with Crippen molar-refractivity contribution in [1.82, 2.24) is 0 Å². The second kappa shape index (κ2) is 5.80. The van der Waals surface area contributed by atoms with E-state index in [1.54, 1.807) is 12.1 Å². The maximum atomic E-state index is 11.2. The van der Waals surface area contributed by atoms with Crippen molar-refractivity contribution in [3.05, 3.63) is 34.4 Å². The minimum atomic E-state index is -0.424. The normalized spacial score (nSPS) is 9.47. The number of aryl methyl sites for hydroxylation is 1. The molecule has 0 N–H and O–H groups in total. The number of benzene rings is 1. The average Bonchev–Trinajstić information content (AvgIpc) is 2.37. The zero-order valence-corrected chi connectivity index (χ0v) is 9.82. The molecule has 1 aromatic rings. The van der Waals surface area contributed by atoms with Crippen LogP contribution in [0.15, 0.2) is 12.1 Å². The summed E-state index contributed by atoms with van der Waals surface area (Å²) in [5.74, 6) is -0.424. The van der Waals surface area contributed by atoms with E-state index in [2.05, 4.69) is 4.74 Å². The zero-order chi connectivity index (χ0) is 12.8. The molecule has 0 unspecified atom stereocenters. The number of nitriles is 1. The predicted molar refractivity (Wildman–Crippen MR) is 61.6 cm³/mol.